The molecule has 0 aliphatic heterocycles. The van der Waals surface area contributed by atoms with E-state index in [-0.39, 0.29) is 17.7 Å². The molecule has 1 fully saturated rings. The van der Waals surface area contributed by atoms with Gasteiger partial charge in [-0.2, -0.15) is 0 Å². The molecule has 3 aromatic carbocycles. The Labute approximate surface area is 217 Å². The van der Waals surface area contributed by atoms with E-state index in [1.807, 2.05) is 44.6 Å². The summed E-state index contributed by atoms with van der Waals surface area (Å²) in [4.78, 5) is 30.4. The van der Waals surface area contributed by atoms with Crippen molar-refractivity contribution in [1.29, 1.82) is 0 Å². The SMILES string of the molecule is CN(C)c1ccc(C(CNC(=O)/C=C/c2ccc(C(=O)NC3CC3)cc2)c2c[nH]c3ccccc23)cc1. The Hall–Kier alpha value is -4.32. The molecule has 1 unspecified atom stereocenters. The van der Waals surface area contributed by atoms with Crippen LogP contribution >= 0.6 is 0 Å². The fourth-order valence-electron chi connectivity index (χ4n) is 4.47. The lowest BCUT2D eigenvalue weighted by Crippen LogP contribution is -2.27. The number of amides is 2. The second-order valence-electron chi connectivity index (χ2n) is 9.78. The number of hydrogen-bond acceptors (Lipinski definition) is 3. The molecule has 0 radical (unpaired) electrons. The number of nitrogens with one attached hydrogen (secondary N) is 3. The van der Waals surface area contributed by atoms with E-state index in [2.05, 4.69) is 56.9 Å². The van der Waals surface area contributed by atoms with Gasteiger partial charge in [0.05, 0.1) is 0 Å². The minimum absolute atomic E-state index is 0.00558. The van der Waals surface area contributed by atoms with Crippen molar-refractivity contribution in [1.82, 2.24) is 15.6 Å². The van der Waals surface area contributed by atoms with Crippen LogP contribution in [0.2, 0.25) is 0 Å². The third-order valence-electron chi connectivity index (χ3n) is 6.80. The molecule has 6 nitrogen and oxygen atoms in total. The van der Waals surface area contributed by atoms with Crippen molar-refractivity contribution in [3.05, 3.63) is 107 Å². The molecule has 37 heavy (non-hydrogen) atoms. The molecule has 2 amide bonds. The highest BCUT2D eigenvalue weighted by atomic mass is 16.2. The molecule has 6 heteroatoms. The largest absolute Gasteiger partial charge is 0.378 e. The van der Waals surface area contributed by atoms with Gasteiger partial charge >= 0.3 is 0 Å². The molecular formula is C31H32N4O2. The number of rotatable bonds is 9. The zero-order valence-corrected chi connectivity index (χ0v) is 21.2. The van der Waals surface area contributed by atoms with Crippen molar-refractivity contribution >= 4 is 34.5 Å². The monoisotopic (exact) mass is 492 g/mol. The van der Waals surface area contributed by atoms with Gasteiger partial charge in [-0.1, -0.05) is 42.5 Å². The van der Waals surface area contributed by atoms with Crippen LogP contribution in [0.25, 0.3) is 17.0 Å². The fraction of sp³-hybridized carbons (Fsp3) is 0.226. The van der Waals surface area contributed by atoms with Gasteiger partial charge in [0.15, 0.2) is 0 Å². The molecule has 1 aromatic heterocycles. The van der Waals surface area contributed by atoms with Crippen LogP contribution in [0, 0.1) is 0 Å². The second-order valence-corrected chi connectivity index (χ2v) is 9.78. The Bertz CT molecular complexity index is 1410. The highest BCUT2D eigenvalue weighted by Crippen LogP contribution is 2.31. The van der Waals surface area contributed by atoms with E-state index in [1.165, 1.54) is 0 Å². The Morgan fingerprint density at radius 3 is 2.43 bits per heavy atom. The van der Waals surface area contributed by atoms with Crippen LogP contribution in [0.15, 0.2) is 85.1 Å². The summed E-state index contributed by atoms with van der Waals surface area (Å²) in [6.07, 6.45) is 7.47. The average molecular weight is 493 g/mol. The van der Waals surface area contributed by atoms with Crippen LogP contribution in [0.4, 0.5) is 5.69 Å². The van der Waals surface area contributed by atoms with Gasteiger partial charge in [-0.25, -0.2) is 0 Å². The molecule has 5 rings (SSSR count). The fourth-order valence-corrected chi connectivity index (χ4v) is 4.47. The van der Waals surface area contributed by atoms with E-state index in [1.54, 1.807) is 24.3 Å². The van der Waals surface area contributed by atoms with Gasteiger partial charge < -0.3 is 20.5 Å². The lowest BCUT2D eigenvalue weighted by molar-refractivity contribution is -0.116. The van der Waals surface area contributed by atoms with E-state index in [4.69, 9.17) is 0 Å². The third kappa shape index (κ3) is 5.92. The highest BCUT2D eigenvalue weighted by Gasteiger charge is 2.23. The Kier molecular flexibility index (Phi) is 7.08. The minimum Gasteiger partial charge on any atom is -0.378 e. The first-order valence-electron chi connectivity index (χ1n) is 12.7. The summed E-state index contributed by atoms with van der Waals surface area (Å²) in [5.74, 6) is -0.211. The topological polar surface area (TPSA) is 77.2 Å². The summed E-state index contributed by atoms with van der Waals surface area (Å²) in [6.45, 7) is 0.465. The second kappa shape index (κ2) is 10.7. The lowest BCUT2D eigenvalue weighted by Gasteiger charge is -2.19. The Balaban J connectivity index is 1.28. The predicted octanol–water partition coefficient (Wildman–Crippen LogP) is 5.09. The number of carbonyl (C=O) groups is 2. The predicted molar refractivity (Wildman–Crippen MR) is 150 cm³/mol. The molecule has 3 N–H and O–H groups in total. The number of benzene rings is 3. The molecule has 0 bridgehead atoms. The number of para-hydroxylation sites is 1. The average Bonchev–Trinajstić information content (AvgIpc) is 3.64. The first-order valence-corrected chi connectivity index (χ1v) is 12.7. The van der Waals surface area contributed by atoms with Gasteiger partial charge in [-0.15, -0.1) is 0 Å². The number of anilines is 1. The zero-order valence-electron chi connectivity index (χ0n) is 21.2. The van der Waals surface area contributed by atoms with Gasteiger partial charge in [0.2, 0.25) is 5.91 Å². The van der Waals surface area contributed by atoms with Crippen LogP contribution in [0.3, 0.4) is 0 Å². The Morgan fingerprint density at radius 2 is 1.73 bits per heavy atom. The standard InChI is InChI=1S/C31H32N4O2/c1-35(2)25-16-12-22(13-17-25)27(28-20-32-29-6-4-3-5-26(28)29)19-33-30(36)18-9-21-7-10-23(11-8-21)31(37)34-24-14-15-24/h3-13,16-18,20,24,27,32H,14-15,19H2,1-2H3,(H,33,36)(H,34,37)/b18-9+. The molecule has 1 heterocycles. The smallest absolute Gasteiger partial charge is 0.251 e. The van der Waals surface area contributed by atoms with Crippen molar-refractivity contribution in [2.45, 2.75) is 24.8 Å². The first-order chi connectivity index (χ1) is 18.0. The molecule has 0 spiro atoms. The van der Waals surface area contributed by atoms with E-state index in [9.17, 15) is 9.59 Å². The van der Waals surface area contributed by atoms with Gasteiger partial charge in [0, 0.05) is 67.0 Å². The summed E-state index contributed by atoms with van der Waals surface area (Å²) in [5.41, 5.74) is 6.00. The minimum atomic E-state index is -0.162. The highest BCUT2D eigenvalue weighted by molar-refractivity contribution is 5.95. The third-order valence-corrected chi connectivity index (χ3v) is 6.80. The summed E-state index contributed by atoms with van der Waals surface area (Å²) < 4.78 is 0. The number of nitrogens with zero attached hydrogens (tertiary/aromatic N) is 1. The van der Waals surface area contributed by atoms with Crippen molar-refractivity contribution in [3.8, 4) is 0 Å². The molecular weight excluding hydrogens is 460 g/mol. The number of aromatic nitrogens is 1. The molecule has 1 atom stereocenters. The van der Waals surface area contributed by atoms with Crippen LogP contribution < -0.4 is 15.5 Å². The van der Waals surface area contributed by atoms with Gasteiger partial charge in [0.25, 0.3) is 5.91 Å². The van der Waals surface area contributed by atoms with Crippen LogP contribution in [-0.4, -0.2) is 43.5 Å². The summed E-state index contributed by atoms with van der Waals surface area (Å²) in [5, 5.41) is 7.22. The van der Waals surface area contributed by atoms with Crippen molar-refractivity contribution < 1.29 is 9.59 Å². The first kappa shape index (κ1) is 24.4. The summed E-state index contributed by atoms with van der Waals surface area (Å²) >= 11 is 0. The summed E-state index contributed by atoms with van der Waals surface area (Å²) in [7, 11) is 4.05. The van der Waals surface area contributed by atoms with Crippen LogP contribution in [0.1, 0.15) is 45.8 Å². The molecule has 1 aliphatic rings. The van der Waals surface area contributed by atoms with E-state index in [0.29, 0.717) is 18.2 Å². The maximum absolute atomic E-state index is 12.8. The van der Waals surface area contributed by atoms with Crippen molar-refractivity contribution in [3.63, 3.8) is 0 Å². The van der Waals surface area contributed by atoms with Gasteiger partial charge in [0.1, 0.15) is 0 Å². The number of hydrogen-bond donors (Lipinski definition) is 3. The van der Waals surface area contributed by atoms with Crippen molar-refractivity contribution in [2.24, 2.45) is 0 Å². The molecule has 4 aromatic rings. The maximum Gasteiger partial charge on any atom is 0.251 e. The van der Waals surface area contributed by atoms with Crippen LogP contribution in [0.5, 0.6) is 0 Å². The quantitative estimate of drug-likeness (QED) is 0.285. The summed E-state index contributed by atoms with van der Waals surface area (Å²) in [6, 6.07) is 24.3. The van der Waals surface area contributed by atoms with Gasteiger partial charge in [-0.05, 0) is 65.9 Å². The van der Waals surface area contributed by atoms with E-state index >= 15 is 0 Å². The number of H-pyrrole nitrogens is 1. The van der Waals surface area contributed by atoms with Crippen molar-refractivity contribution in [2.75, 3.05) is 25.5 Å². The lowest BCUT2D eigenvalue weighted by atomic mass is 9.90. The number of carbonyl (C=O) groups excluding carboxylic acids is 2. The normalized spacial score (nSPS) is 14.0. The van der Waals surface area contributed by atoms with Gasteiger partial charge in [-0.3, -0.25) is 9.59 Å². The molecule has 0 saturated heterocycles. The number of fused-ring (bicyclic) bond motifs is 1. The Morgan fingerprint density at radius 1 is 1.00 bits per heavy atom. The molecule has 1 saturated carbocycles. The van der Waals surface area contributed by atoms with Crippen LogP contribution in [-0.2, 0) is 4.79 Å². The van der Waals surface area contributed by atoms with E-state index < -0.39 is 0 Å². The van der Waals surface area contributed by atoms with E-state index in [0.717, 1.165) is 46.1 Å². The maximum atomic E-state index is 12.8. The number of aromatic amines is 1. The zero-order chi connectivity index (χ0) is 25.8. The molecule has 188 valence electrons. The molecule has 1 aliphatic carbocycles.